The summed E-state index contributed by atoms with van der Waals surface area (Å²) in [6.07, 6.45) is 0. The molecule has 0 atom stereocenters. The number of hydrogen-bond acceptors (Lipinski definition) is 4. The number of anilines is 1. The first-order valence-electron chi connectivity index (χ1n) is 9.27. The highest BCUT2D eigenvalue weighted by Gasteiger charge is 2.21. The number of nitrogens with zero attached hydrogens (tertiary/aromatic N) is 2. The summed E-state index contributed by atoms with van der Waals surface area (Å²) < 4.78 is 1.55. The number of rotatable bonds is 6. The molecule has 0 radical (unpaired) electrons. The van der Waals surface area contributed by atoms with Crippen LogP contribution in [0.1, 0.15) is 39.0 Å². The fraction of sp³-hybridized carbons (Fsp3) is 0.182. The Morgan fingerprint density at radius 3 is 2.40 bits per heavy atom. The van der Waals surface area contributed by atoms with Gasteiger partial charge in [0.1, 0.15) is 11.5 Å². The molecule has 0 spiro atoms. The van der Waals surface area contributed by atoms with Crippen molar-refractivity contribution in [3.05, 3.63) is 76.1 Å². The molecule has 0 fully saturated rings. The van der Waals surface area contributed by atoms with Crippen molar-refractivity contribution >= 4 is 34.9 Å². The Kier molecular flexibility index (Phi) is 6.32. The quantitative estimate of drug-likeness (QED) is 0.630. The van der Waals surface area contributed by atoms with Crippen LogP contribution in [-0.2, 0) is 4.79 Å². The predicted molar refractivity (Wildman–Crippen MR) is 115 cm³/mol. The number of amides is 2. The van der Waals surface area contributed by atoms with E-state index in [1.165, 1.54) is 13.0 Å². The Hall–Kier alpha value is -3.45. The molecule has 0 aliphatic rings. The summed E-state index contributed by atoms with van der Waals surface area (Å²) in [5.41, 5.74) is 2.86. The summed E-state index contributed by atoms with van der Waals surface area (Å²) in [4.78, 5) is 36.9. The molecule has 2 aromatic carbocycles. The van der Waals surface area contributed by atoms with Crippen LogP contribution < -0.4 is 10.6 Å². The molecular formula is C22H21ClN4O3. The lowest BCUT2D eigenvalue weighted by atomic mass is 10.1. The number of nitrogens with one attached hydrogen (secondary N) is 2. The van der Waals surface area contributed by atoms with Gasteiger partial charge >= 0.3 is 0 Å². The molecular weight excluding hydrogens is 404 g/mol. The average Bonchev–Trinajstić information content (AvgIpc) is 3.10. The molecule has 2 N–H and O–H groups in total. The summed E-state index contributed by atoms with van der Waals surface area (Å²) in [5, 5.41) is 10.1. The summed E-state index contributed by atoms with van der Waals surface area (Å²) in [6, 6.07) is 14.1. The summed E-state index contributed by atoms with van der Waals surface area (Å²) in [6.45, 7) is 4.80. The van der Waals surface area contributed by atoms with Crippen LogP contribution >= 0.6 is 11.6 Å². The number of ketones is 1. The van der Waals surface area contributed by atoms with E-state index in [0.29, 0.717) is 27.7 Å². The molecule has 0 saturated carbocycles. The number of benzene rings is 2. The van der Waals surface area contributed by atoms with Gasteiger partial charge in [0.15, 0.2) is 0 Å². The minimum absolute atomic E-state index is 0.113. The number of para-hydroxylation sites is 1. The van der Waals surface area contributed by atoms with E-state index in [1.807, 2.05) is 30.3 Å². The van der Waals surface area contributed by atoms with E-state index in [-0.39, 0.29) is 17.9 Å². The molecule has 1 aromatic heterocycles. The first kappa shape index (κ1) is 21.3. The second kappa shape index (κ2) is 8.92. The van der Waals surface area contributed by atoms with Gasteiger partial charge in [-0.05, 0) is 56.7 Å². The van der Waals surface area contributed by atoms with Crippen LogP contribution in [0.5, 0.6) is 0 Å². The van der Waals surface area contributed by atoms with Crippen molar-refractivity contribution in [2.24, 2.45) is 0 Å². The fourth-order valence-corrected chi connectivity index (χ4v) is 3.27. The maximum atomic E-state index is 13.1. The molecule has 0 bridgehead atoms. The average molecular weight is 425 g/mol. The zero-order valence-corrected chi connectivity index (χ0v) is 17.6. The van der Waals surface area contributed by atoms with Crippen molar-refractivity contribution in [1.29, 1.82) is 0 Å². The monoisotopic (exact) mass is 424 g/mol. The number of carbonyl (C=O) groups is 3. The topological polar surface area (TPSA) is 93.1 Å². The van der Waals surface area contributed by atoms with Crippen molar-refractivity contribution in [3.63, 3.8) is 0 Å². The Labute approximate surface area is 179 Å². The minimum atomic E-state index is -0.501. The van der Waals surface area contributed by atoms with Crippen molar-refractivity contribution in [3.8, 4) is 5.69 Å². The van der Waals surface area contributed by atoms with Crippen LogP contribution in [0, 0.1) is 13.8 Å². The lowest BCUT2D eigenvalue weighted by molar-refractivity contribution is -0.116. The third-order valence-corrected chi connectivity index (χ3v) is 4.56. The van der Waals surface area contributed by atoms with Crippen LogP contribution in [0.15, 0.2) is 48.5 Å². The highest BCUT2D eigenvalue weighted by molar-refractivity contribution is 6.31. The van der Waals surface area contributed by atoms with Gasteiger partial charge in [-0.3, -0.25) is 14.4 Å². The number of aryl methyl sites for hydroxylation is 2. The predicted octanol–water partition coefficient (Wildman–Crippen LogP) is 3.71. The van der Waals surface area contributed by atoms with Crippen molar-refractivity contribution < 1.29 is 14.4 Å². The van der Waals surface area contributed by atoms with E-state index < -0.39 is 11.8 Å². The van der Waals surface area contributed by atoms with E-state index >= 15 is 0 Å². The molecule has 30 heavy (non-hydrogen) atoms. The molecule has 0 aliphatic carbocycles. The summed E-state index contributed by atoms with van der Waals surface area (Å²) in [7, 11) is 0. The standard InChI is InChI=1S/C22H21ClN4O3/c1-13-9-16(23)11-18(21(29)24-12-15(3)28)20(13)25-22(30)19-10-14(2)26-27(19)17-7-5-4-6-8-17/h4-11H,12H2,1-3H3,(H,24,29)(H,25,30). The molecule has 3 aromatic rings. The maximum Gasteiger partial charge on any atom is 0.274 e. The molecule has 3 rings (SSSR count). The van der Waals surface area contributed by atoms with Crippen LogP contribution in [0.25, 0.3) is 5.69 Å². The molecule has 1 heterocycles. The fourth-order valence-electron chi connectivity index (χ4n) is 2.99. The first-order valence-corrected chi connectivity index (χ1v) is 9.65. The minimum Gasteiger partial charge on any atom is -0.345 e. The largest absolute Gasteiger partial charge is 0.345 e. The van der Waals surface area contributed by atoms with Gasteiger partial charge in [0, 0.05) is 5.02 Å². The first-order chi connectivity index (χ1) is 14.3. The highest BCUT2D eigenvalue weighted by atomic mass is 35.5. The van der Waals surface area contributed by atoms with Gasteiger partial charge in [-0.1, -0.05) is 29.8 Å². The smallest absolute Gasteiger partial charge is 0.274 e. The van der Waals surface area contributed by atoms with Gasteiger partial charge in [0.05, 0.1) is 29.2 Å². The van der Waals surface area contributed by atoms with Crippen LogP contribution in [0.2, 0.25) is 5.02 Å². The SMILES string of the molecule is CC(=O)CNC(=O)c1cc(Cl)cc(C)c1NC(=O)c1cc(C)nn1-c1ccccc1. The lowest BCUT2D eigenvalue weighted by Gasteiger charge is -2.15. The molecule has 2 amide bonds. The Balaban J connectivity index is 1.97. The molecule has 0 unspecified atom stereocenters. The van der Waals surface area contributed by atoms with Gasteiger partial charge < -0.3 is 10.6 Å². The van der Waals surface area contributed by atoms with Gasteiger partial charge in [0.2, 0.25) is 0 Å². The van der Waals surface area contributed by atoms with E-state index in [0.717, 1.165) is 5.69 Å². The zero-order chi connectivity index (χ0) is 21.8. The van der Waals surface area contributed by atoms with Gasteiger partial charge in [-0.15, -0.1) is 0 Å². The molecule has 7 nitrogen and oxygen atoms in total. The van der Waals surface area contributed by atoms with Gasteiger partial charge in [-0.2, -0.15) is 5.10 Å². The third kappa shape index (κ3) is 4.75. The van der Waals surface area contributed by atoms with E-state index in [9.17, 15) is 14.4 Å². The van der Waals surface area contributed by atoms with Gasteiger partial charge in [0.25, 0.3) is 11.8 Å². The van der Waals surface area contributed by atoms with E-state index in [1.54, 1.807) is 30.7 Å². The molecule has 8 heteroatoms. The number of aromatic nitrogens is 2. The second-order valence-electron chi connectivity index (χ2n) is 6.90. The third-order valence-electron chi connectivity index (χ3n) is 4.35. The number of carbonyl (C=O) groups excluding carboxylic acids is 3. The zero-order valence-electron chi connectivity index (χ0n) is 16.8. The number of halogens is 1. The Bertz CT molecular complexity index is 1120. The highest BCUT2D eigenvalue weighted by Crippen LogP contribution is 2.26. The molecule has 154 valence electrons. The lowest BCUT2D eigenvalue weighted by Crippen LogP contribution is -2.29. The number of hydrogen-bond donors (Lipinski definition) is 2. The summed E-state index contributed by atoms with van der Waals surface area (Å²) >= 11 is 6.12. The second-order valence-corrected chi connectivity index (χ2v) is 7.34. The molecule has 0 saturated heterocycles. The molecule has 0 aliphatic heterocycles. The van der Waals surface area contributed by atoms with Crippen LogP contribution in [0.4, 0.5) is 5.69 Å². The van der Waals surface area contributed by atoms with Crippen LogP contribution in [0.3, 0.4) is 0 Å². The Morgan fingerprint density at radius 2 is 1.73 bits per heavy atom. The van der Waals surface area contributed by atoms with Crippen molar-refractivity contribution in [2.75, 3.05) is 11.9 Å². The van der Waals surface area contributed by atoms with Crippen molar-refractivity contribution in [2.45, 2.75) is 20.8 Å². The number of Topliss-reactive ketones (excluding diaryl/α,β-unsaturated/α-hetero) is 1. The van der Waals surface area contributed by atoms with E-state index in [4.69, 9.17) is 11.6 Å². The normalized spacial score (nSPS) is 10.5. The summed E-state index contributed by atoms with van der Waals surface area (Å²) in [5.74, 6) is -1.11. The van der Waals surface area contributed by atoms with Crippen molar-refractivity contribution in [1.82, 2.24) is 15.1 Å². The van der Waals surface area contributed by atoms with Crippen LogP contribution in [-0.4, -0.2) is 33.9 Å². The maximum absolute atomic E-state index is 13.1. The Morgan fingerprint density at radius 1 is 1.03 bits per heavy atom. The van der Waals surface area contributed by atoms with Gasteiger partial charge in [-0.25, -0.2) is 4.68 Å². The van der Waals surface area contributed by atoms with E-state index in [2.05, 4.69) is 15.7 Å².